The zero-order chi connectivity index (χ0) is 12.2. The molecule has 1 atom stereocenters. The van der Waals surface area contributed by atoms with Crippen molar-refractivity contribution in [3.63, 3.8) is 0 Å². The fourth-order valence-electron chi connectivity index (χ4n) is 1.45. The molecule has 3 heteroatoms. The van der Waals surface area contributed by atoms with Crippen molar-refractivity contribution in [3.05, 3.63) is 34.3 Å². The molecule has 0 aromatic heterocycles. The lowest BCUT2D eigenvalue weighted by Gasteiger charge is -2.22. The number of hydrogen-bond acceptors (Lipinski definition) is 2. The van der Waals surface area contributed by atoms with E-state index in [1.54, 1.807) is 0 Å². The van der Waals surface area contributed by atoms with Crippen molar-refractivity contribution in [2.45, 2.75) is 39.3 Å². The van der Waals surface area contributed by atoms with Crippen molar-refractivity contribution in [1.82, 2.24) is 5.32 Å². The maximum Gasteiger partial charge on any atom is 0.0741 e. The van der Waals surface area contributed by atoms with Gasteiger partial charge in [0, 0.05) is 18.1 Å². The fraction of sp³-hybridized carbons (Fsp3) is 0.538. The number of rotatable bonds is 5. The lowest BCUT2D eigenvalue weighted by molar-refractivity contribution is 0.0555. The predicted molar refractivity (Wildman–Crippen MR) is 68.8 cm³/mol. The third-order valence-electron chi connectivity index (χ3n) is 2.89. The zero-order valence-corrected chi connectivity index (χ0v) is 10.9. The molecule has 2 N–H and O–H groups in total. The minimum atomic E-state index is -0.625. The Morgan fingerprint density at radius 3 is 2.69 bits per heavy atom. The molecule has 0 aliphatic carbocycles. The van der Waals surface area contributed by atoms with E-state index in [4.69, 9.17) is 11.6 Å². The Labute approximate surface area is 103 Å². The first kappa shape index (κ1) is 13.5. The first-order valence-corrected chi connectivity index (χ1v) is 6.00. The van der Waals surface area contributed by atoms with Gasteiger partial charge in [0.05, 0.1) is 5.60 Å². The van der Waals surface area contributed by atoms with Gasteiger partial charge in [0.2, 0.25) is 0 Å². The lowest BCUT2D eigenvalue weighted by atomic mass is 10.0. The molecule has 0 aliphatic rings. The van der Waals surface area contributed by atoms with E-state index >= 15 is 0 Å². The van der Waals surface area contributed by atoms with Crippen molar-refractivity contribution < 1.29 is 5.11 Å². The molecule has 0 aliphatic heterocycles. The third-order valence-corrected chi connectivity index (χ3v) is 3.12. The summed E-state index contributed by atoms with van der Waals surface area (Å²) in [4.78, 5) is 0. The van der Waals surface area contributed by atoms with Crippen LogP contribution < -0.4 is 5.32 Å². The first-order chi connectivity index (χ1) is 7.44. The van der Waals surface area contributed by atoms with Gasteiger partial charge in [-0.2, -0.15) is 0 Å². The Bertz CT molecular complexity index is 350. The molecule has 0 fully saturated rings. The summed E-state index contributed by atoms with van der Waals surface area (Å²) in [6.45, 7) is 7.23. The van der Waals surface area contributed by atoms with Gasteiger partial charge in [-0.25, -0.2) is 0 Å². The Morgan fingerprint density at radius 1 is 1.44 bits per heavy atom. The third kappa shape index (κ3) is 4.12. The van der Waals surface area contributed by atoms with Gasteiger partial charge < -0.3 is 10.4 Å². The molecule has 16 heavy (non-hydrogen) atoms. The van der Waals surface area contributed by atoms with Crippen LogP contribution >= 0.6 is 11.6 Å². The van der Waals surface area contributed by atoms with E-state index in [0.717, 1.165) is 18.0 Å². The summed E-state index contributed by atoms with van der Waals surface area (Å²) in [7, 11) is 0. The maximum absolute atomic E-state index is 9.83. The number of nitrogens with one attached hydrogen (secondary N) is 1. The fourth-order valence-corrected chi connectivity index (χ4v) is 1.68. The molecule has 1 aromatic rings. The van der Waals surface area contributed by atoms with Crippen LogP contribution in [0.15, 0.2) is 18.2 Å². The summed E-state index contributed by atoms with van der Waals surface area (Å²) >= 11 is 5.89. The largest absolute Gasteiger partial charge is 0.389 e. The average molecular weight is 242 g/mol. The Hall–Kier alpha value is -0.570. The number of aryl methyl sites for hydroxylation is 1. The highest BCUT2D eigenvalue weighted by Crippen LogP contribution is 2.15. The van der Waals surface area contributed by atoms with Crippen LogP contribution in [0.5, 0.6) is 0 Å². The topological polar surface area (TPSA) is 32.3 Å². The number of hydrogen-bond donors (Lipinski definition) is 2. The summed E-state index contributed by atoms with van der Waals surface area (Å²) in [6.07, 6.45) is 0.750. The highest BCUT2D eigenvalue weighted by Gasteiger charge is 2.16. The van der Waals surface area contributed by atoms with Crippen LogP contribution in [0.4, 0.5) is 0 Å². The number of aliphatic hydroxyl groups is 1. The van der Waals surface area contributed by atoms with E-state index < -0.39 is 5.60 Å². The minimum absolute atomic E-state index is 0.603. The molecular weight excluding hydrogens is 222 g/mol. The maximum atomic E-state index is 9.83. The Kier molecular flexibility index (Phi) is 4.78. The molecule has 0 saturated carbocycles. The molecule has 1 unspecified atom stereocenters. The average Bonchev–Trinajstić information content (AvgIpc) is 2.21. The summed E-state index contributed by atoms with van der Waals surface area (Å²) < 4.78 is 0. The normalized spacial score (nSPS) is 14.8. The molecule has 0 saturated heterocycles. The van der Waals surface area contributed by atoms with E-state index in [1.165, 1.54) is 11.1 Å². The molecule has 0 heterocycles. The van der Waals surface area contributed by atoms with Crippen LogP contribution in [-0.4, -0.2) is 17.3 Å². The summed E-state index contributed by atoms with van der Waals surface area (Å²) in [6, 6.07) is 5.87. The van der Waals surface area contributed by atoms with Crippen LogP contribution in [-0.2, 0) is 6.54 Å². The van der Waals surface area contributed by atoms with Gasteiger partial charge >= 0.3 is 0 Å². The van der Waals surface area contributed by atoms with Gasteiger partial charge in [-0.1, -0.05) is 24.6 Å². The molecule has 0 amide bonds. The molecule has 1 aromatic carbocycles. The van der Waals surface area contributed by atoms with Crippen LogP contribution in [0.2, 0.25) is 5.02 Å². The Balaban J connectivity index is 2.49. The molecule has 0 spiro atoms. The quantitative estimate of drug-likeness (QED) is 0.831. The van der Waals surface area contributed by atoms with E-state index in [1.807, 2.05) is 39.0 Å². The number of halogens is 1. The highest BCUT2D eigenvalue weighted by atomic mass is 35.5. The first-order valence-electron chi connectivity index (χ1n) is 5.63. The zero-order valence-electron chi connectivity index (χ0n) is 10.2. The van der Waals surface area contributed by atoms with Gasteiger partial charge in [0.1, 0.15) is 0 Å². The van der Waals surface area contributed by atoms with Gasteiger partial charge in [-0.05, 0) is 43.5 Å². The summed E-state index contributed by atoms with van der Waals surface area (Å²) in [5.74, 6) is 0. The van der Waals surface area contributed by atoms with E-state index in [2.05, 4.69) is 5.32 Å². The second-order valence-corrected chi connectivity index (χ2v) is 4.96. The van der Waals surface area contributed by atoms with Crippen molar-refractivity contribution >= 4 is 11.6 Å². The predicted octanol–water partition coefficient (Wildman–Crippen LogP) is 2.90. The van der Waals surface area contributed by atoms with Crippen LogP contribution in [0.3, 0.4) is 0 Å². The monoisotopic (exact) mass is 241 g/mol. The summed E-state index contributed by atoms with van der Waals surface area (Å²) in [5, 5.41) is 13.9. The van der Waals surface area contributed by atoms with Crippen molar-refractivity contribution in [3.8, 4) is 0 Å². The molecule has 0 bridgehead atoms. The molecule has 90 valence electrons. The second kappa shape index (κ2) is 5.67. The van der Waals surface area contributed by atoms with Gasteiger partial charge in [0.25, 0.3) is 0 Å². The van der Waals surface area contributed by atoms with Crippen LogP contribution in [0.25, 0.3) is 0 Å². The molecule has 1 rings (SSSR count). The second-order valence-electron chi connectivity index (χ2n) is 4.52. The number of benzene rings is 1. The lowest BCUT2D eigenvalue weighted by Crippen LogP contribution is -2.36. The highest BCUT2D eigenvalue weighted by molar-refractivity contribution is 6.30. The van der Waals surface area contributed by atoms with Crippen molar-refractivity contribution in [1.29, 1.82) is 0 Å². The SMILES string of the molecule is CCC(C)(O)CNCc1ccc(Cl)cc1C. The van der Waals surface area contributed by atoms with E-state index in [0.29, 0.717) is 6.54 Å². The molecule has 0 radical (unpaired) electrons. The van der Waals surface area contributed by atoms with Gasteiger partial charge in [0.15, 0.2) is 0 Å². The van der Waals surface area contributed by atoms with Crippen molar-refractivity contribution in [2.24, 2.45) is 0 Å². The molecule has 2 nitrogen and oxygen atoms in total. The van der Waals surface area contributed by atoms with Gasteiger partial charge in [-0.15, -0.1) is 0 Å². The van der Waals surface area contributed by atoms with Crippen LogP contribution in [0, 0.1) is 6.92 Å². The van der Waals surface area contributed by atoms with E-state index in [9.17, 15) is 5.11 Å². The minimum Gasteiger partial charge on any atom is -0.389 e. The Morgan fingerprint density at radius 2 is 2.12 bits per heavy atom. The smallest absolute Gasteiger partial charge is 0.0741 e. The van der Waals surface area contributed by atoms with Crippen LogP contribution in [0.1, 0.15) is 31.4 Å². The van der Waals surface area contributed by atoms with Crippen molar-refractivity contribution in [2.75, 3.05) is 6.54 Å². The molecular formula is C13H20ClNO. The van der Waals surface area contributed by atoms with Gasteiger partial charge in [-0.3, -0.25) is 0 Å². The standard InChI is InChI=1S/C13H20ClNO/c1-4-13(3,16)9-15-8-11-5-6-12(14)7-10(11)2/h5-7,15-16H,4,8-9H2,1-3H3. The summed E-state index contributed by atoms with van der Waals surface area (Å²) in [5.41, 5.74) is 1.77. The van der Waals surface area contributed by atoms with E-state index in [-0.39, 0.29) is 0 Å².